The van der Waals surface area contributed by atoms with Crippen LogP contribution in [0.25, 0.3) is 10.4 Å². The zero-order chi connectivity index (χ0) is 23.6. The first-order chi connectivity index (χ1) is 15.8. The molecule has 2 N–H and O–H groups in total. The van der Waals surface area contributed by atoms with Crippen molar-refractivity contribution in [3.05, 3.63) is 46.8 Å². The number of amides is 2. The van der Waals surface area contributed by atoms with Crippen molar-refractivity contribution in [2.24, 2.45) is 5.92 Å². The second-order valence-electron chi connectivity index (χ2n) is 8.94. The van der Waals surface area contributed by atoms with Crippen LogP contribution in [0, 0.1) is 5.92 Å². The number of thiophene rings is 1. The number of benzene rings is 1. The van der Waals surface area contributed by atoms with Crippen molar-refractivity contribution in [3.63, 3.8) is 0 Å². The fourth-order valence-corrected chi connectivity index (χ4v) is 8.25. The summed E-state index contributed by atoms with van der Waals surface area (Å²) < 4.78 is 25.8. The molecule has 1 aromatic heterocycles. The molecule has 0 unspecified atom stereocenters. The highest BCUT2D eigenvalue weighted by Gasteiger charge is 2.50. The van der Waals surface area contributed by atoms with Gasteiger partial charge in [0.15, 0.2) is 9.84 Å². The second kappa shape index (κ2) is 9.56. The minimum atomic E-state index is -3.80. The number of rotatable bonds is 6. The van der Waals surface area contributed by atoms with E-state index in [0.29, 0.717) is 4.88 Å². The zero-order valence-electron chi connectivity index (χ0n) is 18.7. The first-order valence-electron chi connectivity index (χ1n) is 11.4. The fraction of sp³-hybridized carbons (Fsp3) is 0.500. The van der Waals surface area contributed by atoms with E-state index in [2.05, 4.69) is 19.1 Å². The van der Waals surface area contributed by atoms with Crippen molar-refractivity contribution in [3.8, 4) is 10.4 Å². The monoisotopic (exact) mass is 490 g/mol. The van der Waals surface area contributed by atoms with Crippen molar-refractivity contribution in [2.45, 2.75) is 50.2 Å². The van der Waals surface area contributed by atoms with Gasteiger partial charge in [-0.3, -0.25) is 14.8 Å². The number of aryl methyl sites for hydroxylation is 1. The molecule has 0 spiro atoms. The molecule has 1 aromatic carbocycles. The maximum atomic E-state index is 13.6. The molecular formula is C24H30N2O5S2. The Morgan fingerprint density at radius 3 is 2.48 bits per heavy atom. The maximum Gasteiger partial charge on any atom is 0.245 e. The van der Waals surface area contributed by atoms with Gasteiger partial charge in [0.1, 0.15) is 4.75 Å². The second-order valence-corrected chi connectivity index (χ2v) is 12.4. The van der Waals surface area contributed by atoms with Gasteiger partial charge in [-0.2, -0.15) is 0 Å². The van der Waals surface area contributed by atoms with Crippen LogP contribution in [0.1, 0.15) is 49.5 Å². The summed E-state index contributed by atoms with van der Waals surface area (Å²) in [6, 6.07) is 11.8. The molecule has 178 valence electrons. The van der Waals surface area contributed by atoms with Gasteiger partial charge in [-0.05, 0) is 48.9 Å². The van der Waals surface area contributed by atoms with Crippen molar-refractivity contribution < 1.29 is 23.2 Å². The lowest BCUT2D eigenvalue weighted by Gasteiger charge is -2.32. The number of carbonyl (C=O) groups is 2. The number of hydroxylamine groups is 1. The van der Waals surface area contributed by atoms with E-state index in [4.69, 9.17) is 0 Å². The summed E-state index contributed by atoms with van der Waals surface area (Å²) in [5.74, 6) is -0.954. The molecule has 1 aliphatic heterocycles. The lowest BCUT2D eigenvalue weighted by molar-refractivity contribution is -0.137. The van der Waals surface area contributed by atoms with Crippen molar-refractivity contribution in [1.29, 1.82) is 0 Å². The number of nitrogens with zero attached hydrogens (tertiary/aromatic N) is 1. The Hall–Kier alpha value is -2.23. The lowest BCUT2D eigenvalue weighted by atomic mass is 9.84. The molecule has 2 heterocycles. The molecule has 2 amide bonds. The minimum Gasteiger partial charge on any atom is -0.341 e. The zero-order valence-corrected chi connectivity index (χ0v) is 20.4. The van der Waals surface area contributed by atoms with E-state index in [9.17, 15) is 23.2 Å². The molecule has 0 bridgehead atoms. The first kappa shape index (κ1) is 23.9. The van der Waals surface area contributed by atoms with Gasteiger partial charge in [0.05, 0.1) is 12.2 Å². The van der Waals surface area contributed by atoms with E-state index >= 15 is 0 Å². The van der Waals surface area contributed by atoms with Gasteiger partial charge >= 0.3 is 0 Å². The van der Waals surface area contributed by atoms with Crippen LogP contribution in [-0.2, 0) is 30.6 Å². The van der Waals surface area contributed by atoms with Gasteiger partial charge in [-0.15, -0.1) is 11.3 Å². The maximum absolute atomic E-state index is 13.6. The summed E-state index contributed by atoms with van der Waals surface area (Å²) in [6.07, 6.45) is 3.41. The van der Waals surface area contributed by atoms with Crippen LogP contribution < -0.4 is 5.48 Å². The number of sulfone groups is 1. The van der Waals surface area contributed by atoms with Gasteiger partial charge in [0.2, 0.25) is 11.8 Å². The molecule has 7 nitrogen and oxygen atoms in total. The van der Waals surface area contributed by atoms with Gasteiger partial charge in [-0.1, -0.05) is 37.6 Å². The highest BCUT2D eigenvalue weighted by molar-refractivity contribution is 7.92. The Bertz CT molecular complexity index is 1120. The van der Waals surface area contributed by atoms with Gasteiger partial charge in [0, 0.05) is 28.8 Å². The van der Waals surface area contributed by atoms with Gasteiger partial charge < -0.3 is 4.90 Å². The molecular weight excluding hydrogens is 460 g/mol. The number of nitrogens with one attached hydrogen (secondary N) is 1. The third kappa shape index (κ3) is 4.58. The first-order valence-corrected chi connectivity index (χ1v) is 13.9. The average Bonchev–Trinajstić information content (AvgIpc) is 3.22. The number of hydrogen-bond acceptors (Lipinski definition) is 6. The third-order valence-electron chi connectivity index (χ3n) is 7.05. The summed E-state index contributed by atoms with van der Waals surface area (Å²) in [5.41, 5.74) is 3.81. The molecule has 0 radical (unpaired) electrons. The molecule has 1 saturated carbocycles. The highest BCUT2D eigenvalue weighted by atomic mass is 32.2. The van der Waals surface area contributed by atoms with Crippen LogP contribution in [0.5, 0.6) is 0 Å². The largest absolute Gasteiger partial charge is 0.341 e. The Morgan fingerprint density at radius 1 is 1.15 bits per heavy atom. The predicted molar refractivity (Wildman–Crippen MR) is 128 cm³/mol. The highest BCUT2D eigenvalue weighted by Crippen LogP contribution is 2.45. The molecule has 1 aliphatic carbocycles. The van der Waals surface area contributed by atoms with E-state index < -0.39 is 20.5 Å². The van der Waals surface area contributed by atoms with E-state index in [1.54, 1.807) is 16.4 Å². The summed E-state index contributed by atoms with van der Waals surface area (Å²) in [4.78, 5) is 28.2. The summed E-state index contributed by atoms with van der Waals surface area (Å²) >= 11 is 1.36. The van der Waals surface area contributed by atoms with Crippen LogP contribution in [0.2, 0.25) is 0 Å². The molecule has 2 fully saturated rings. The Kier molecular flexibility index (Phi) is 6.93. The third-order valence-corrected chi connectivity index (χ3v) is 11.0. The minimum absolute atomic E-state index is 0.0135. The molecule has 9 heteroatoms. The van der Waals surface area contributed by atoms with Crippen LogP contribution >= 0.6 is 11.3 Å². The molecule has 4 rings (SSSR count). The average molecular weight is 491 g/mol. The number of carbonyl (C=O) groups excluding carboxylic acids is 2. The SMILES string of the molecule is CCc1ccc(-c2ccc([C@@]3(CC(=O)NO)CCN(C(=O)C4CCC4)CCS3(=O)=O)s2)cc1. The van der Waals surface area contributed by atoms with Gasteiger partial charge in [-0.25, -0.2) is 13.9 Å². The van der Waals surface area contributed by atoms with Crippen LogP contribution in [0.4, 0.5) is 0 Å². The van der Waals surface area contributed by atoms with Crippen LogP contribution in [-0.4, -0.2) is 49.2 Å². The summed E-state index contributed by atoms with van der Waals surface area (Å²) in [5, 5.41) is 9.20. The van der Waals surface area contributed by atoms with E-state index in [-0.39, 0.29) is 43.5 Å². The predicted octanol–water partition coefficient (Wildman–Crippen LogP) is 3.52. The quantitative estimate of drug-likeness (QED) is 0.476. The normalized spacial score (nSPS) is 22.9. The van der Waals surface area contributed by atoms with Crippen molar-refractivity contribution in [1.82, 2.24) is 10.4 Å². The van der Waals surface area contributed by atoms with E-state index in [1.165, 1.54) is 16.9 Å². The standard InChI is InChI=1S/C24H30N2O5S2/c1-2-17-6-8-18(9-7-17)20-10-11-21(32-20)24(16-22(27)25-29)12-13-26(14-15-33(24,30)31)23(28)19-4-3-5-19/h6-11,19,29H,2-5,12-16H2,1H3,(H,25,27)/t24-/m0/s1. The van der Waals surface area contributed by atoms with E-state index in [1.807, 2.05) is 18.2 Å². The van der Waals surface area contributed by atoms with Crippen LogP contribution in [0.3, 0.4) is 0 Å². The van der Waals surface area contributed by atoms with E-state index in [0.717, 1.165) is 36.1 Å². The Morgan fingerprint density at radius 2 is 1.88 bits per heavy atom. The molecule has 2 aliphatic rings. The van der Waals surface area contributed by atoms with Crippen molar-refractivity contribution >= 4 is 33.0 Å². The molecule has 2 aromatic rings. The van der Waals surface area contributed by atoms with Crippen molar-refractivity contribution in [2.75, 3.05) is 18.8 Å². The molecule has 33 heavy (non-hydrogen) atoms. The van der Waals surface area contributed by atoms with Gasteiger partial charge in [0.25, 0.3) is 0 Å². The molecule has 1 saturated heterocycles. The fourth-order valence-electron chi connectivity index (χ4n) is 4.65. The Labute approximate surface area is 198 Å². The topological polar surface area (TPSA) is 104 Å². The summed E-state index contributed by atoms with van der Waals surface area (Å²) in [6.45, 7) is 2.49. The Balaban J connectivity index is 1.70. The van der Waals surface area contributed by atoms with Crippen LogP contribution in [0.15, 0.2) is 36.4 Å². The lowest BCUT2D eigenvalue weighted by Crippen LogP contribution is -2.41. The smallest absolute Gasteiger partial charge is 0.245 e. The number of hydrogen-bond donors (Lipinski definition) is 2. The molecule has 1 atom stereocenters. The summed E-state index contributed by atoms with van der Waals surface area (Å²) in [7, 11) is -3.80.